The molecule has 1 amide bonds. The van der Waals surface area contributed by atoms with E-state index in [1.807, 2.05) is 6.07 Å². The third-order valence-corrected chi connectivity index (χ3v) is 5.08. The Morgan fingerprint density at radius 3 is 2.67 bits per heavy atom. The Hall–Kier alpha value is -2.47. The van der Waals surface area contributed by atoms with Crippen molar-refractivity contribution in [2.75, 3.05) is 44.2 Å². The Bertz CT molecular complexity index is 691. The van der Waals surface area contributed by atoms with Crippen molar-refractivity contribution >= 4 is 12.1 Å². The van der Waals surface area contributed by atoms with Crippen molar-refractivity contribution < 1.29 is 4.79 Å². The molecule has 1 aromatic heterocycles. The van der Waals surface area contributed by atoms with E-state index in [9.17, 15) is 4.79 Å². The minimum absolute atomic E-state index is 0.647. The zero-order valence-corrected chi connectivity index (χ0v) is 16.1. The number of benzene rings is 1. The molecule has 1 aromatic carbocycles. The van der Waals surface area contributed by atoms with Crippen LogP contribution < -0.4 is 10.2 Å². The molecular formula is C21H29N5O. The lowest BCUT2D eigenvalue weighted by Crippen LogP contribution is -2.34. The van der Waals surface area contributed by atoms with Crippen LogP contribution in [-0.2, 0) is 4.79 Å². The lowest BCUT2D eigenvalue weighted by molar-refractivity contribution is -0.109. The van der Waals surface area contributed by atoms with Gasteiger partial charge in [0.25, 0.3) is 0 Å². The second kappa shape index (κ2) is 10.0. The third kappa shape index (κ3) is 5.76. The van der Waals surface area contributed by atoms with Gasteiger partial charge in [0.1, 0.15) is 0 Å². The van der Waals surface area contributed by atoms with E-state index >= 15 is 0 Å². The number of hydrogen-bond acceptors (Lipinski definition) is 5. The molecule has 1 saturated heterocycles. The van der Waals surface area contributed by atoms with Gasteiger partial charge in [-0.2, -0.15) is 0 Å². The smallest absolute Gasteiger partial charge is 0.207 e. The molecule has 1 fully saturated rings. The van der Waals surface area contributed by atoms with Crippen molar-refractivity contribution in [3.05, 3.63) is 42.7 Å². The summed E-state index contributed by atoms with van der Waals surface area (Å²) in [5.41, 5.74) is 2.17. The highest BCUT2D eigenvalue weighted by Crippen LogP contribution is 2.21. The molecule has 3 rings (SSSR count). The van der Waals surface area contributed by atoms with Gasteiger partial charge in [-0.3, -0.25) is 4.79 Å². The van der Waals surface area contributed by atoms with Crippen molar-refractivity contribution in [1.82, 2.24) is 20.2 Å². The number of carbonyl (C=O) groups excluding carboxylic acids is 1. The number of likely N-dealkylation sites (tertiary alicyclic amines) is 1. The van der Waals surface area contributed by atoms with Gasteiger partial charge in [0.15, 0.2) is 5.82 Å². The zero-order valence-electron chi connectivity index (χ0n) is 16.1. The van der Waals surface area contributed by atoms with Gasteiger partial charge in [0, 0.05) is 49.8 Å². The second-order valence-electron chi connectivity index (χ2n) is 7.23. The van der Waals surface area contributed by atoms with Gasteiger partial charge in [-0.1, -0.05) is 6.92 Å². The maximum absolute atomic E-state index is 10.6. The van der Waals surface area contributed by atoms with Gasteiger partial charge >= 0.3 is 0 Å². The standard InChI is InChI=1S/C21H29N5O/c1-18-8-14-25(16-18)12-3-13-26(15-11-22-17-27)20-6-4-19(5-7-20)21-23-9-2-10-24-21/h2,4-7,9-10,17-18H,3,8,11-16H2,1H3,(H,22,27). The van der Waals surface area contributed by atoms with Crippen LogP contribution in [0.15, 0.2) is 42.7 Å². The number of nitrogens with one attached hydrogen (secondary N) is 1. The maximum Gasteiger partial charge on any atom is 0.207 e. The molecule has 1 atom stereocenters. The van der Waals surface area contributed by atoms with E-state index in [0.717, 1.165) is 55.5 Å². The molecule has 0 radical (unpaired) electrons. The summed E-state index contributed by atoms with van der Waals surface area (Å²) in [5.74, 6) is 1.56. The first kappa shape index (κ1) is 19.3. The molecular weight excluding hydrogens is 338 g/mol. The van der Waals surface area contributed by atoms with Crippen molar-refractivity contribution in [1.29, 1.82) is 0 Å². The van der Waals surface area contributed by atoms with E-state index in [4.69, 9.17) is 0 Å². The Balaban J connectivity index is 1.60. The molecule has 1 aliphatic rings. The molecule has 1 aliphatic heterocycles. The lowest BCUT2D eigenvalue weighted by atomic mass is 10.1. The van der Waals surface area contributed by atoms with Crippen LogP contribution in [0.25, 0.3) is 11.4 Å². The molecule has 0 saturated carbocycles. The van der Waals surface area contributed by atoms with E-state index < -0.39 is 0 Å². The number of amides is 1. The highest BCUT2D eigenvalue weighted by atomic mass is 16.1. The number of rotatable bonds is 10. The first-order chi connectivity index (χ1) is 13.3. The third-order valence-electron chi connectivity index (χ3n) is 5.08. The Kier molecular flexibility index (Phi) is 7.16. The average Bonchev–Trinajstić information content (AvgIpc) is 3.13. The predicted octanol–water partition coefficient (Wildman–Crippen LogP) is 2.43. The van der Waals surface area contributed by atoms with Crippen molar-refractivity contribution in [3.8, 4) is 11.4 Å². The molecule has 6 heteroatoms. The minimum atomic E-state index is 0.647. The molecule has 2 heterocycles. The van der Waals surface area contributed by atoms with Crippen molar-refractivity contribution in [2.45, 2.75) is 19.8 Å². The molecule has 27 heavy (non-hydrogen) atoms. The number of carbonyl (C=O) groups is 1. The topological polar surface area (TPSA) is 61.4 Å². The fourth-order valence-electron chi connectivity index (χ4n) is 3.61. The van der Waals surface area contributed by atoms with Crippen LogP contribution in [-0.4, -0.2) is 60.5 Å². The van der Waals surface area contributed by atoms with E-state index in [2.05, 4.69) is 56.3 Å². The van der Waals surface area contributed by atoms with E-state index in [-0.39, 0.29) is 0 Å². The van der Waals surface area contributed by atoms with Crippen LogP contribution in [0.4, 0.5) is 5.69 Å². The minimum Gasteiger partial charge on any atom is -0.370 e. The summed E-state index contributed by atoms with van der Waals surface area (Å²) in [6.45, 7) is 8.34. The SMILES string of the molecule is CC1CCN(CCCN(CCNC=O)c2ccc(-c3ncccn3)cc2)C1. The molecule has 144 valence electrons. The summed E-state index contributed by atoms with van der Waals surface area (Å²) in [6.07, 6.45) is 6.71. The molecule has 1 N–H and O–H groups in total. The fraction of sp³-hybridized carbons (Fsp3) is 0.476. The van der Waals surface area contributed by atoms with Crippen molar-refractivity contribution in [3.63, 3.8) is 0 Å². The number of nitrogens with zero attached hydrogens (tertiary/aromatic N) is 4. The van der Waals surface area contributed by atoms with Crippen molar-refractivity contribution in [2.24, 2.45) is 5.92 Å². The van der Waals surface area contributed by atoms with Crippen LogP contribution in [0.3, 0.4) is 0 Å². The largest absolute Gasteiger partial charge is 0.370 e. The number of aromatic nitrogens is 2. The normalized spacial score (nSPS) is 17.0. The summed E-state index contributed by atoms with van der Waals surface area (Å²) < 4.78 is 0. The van der Waals surface area contributed by atoms with Crippen LogP contribution in [0.2, 0.25) is 0 Å². The monoisotopic (exact) mass is 367 g/mol. The zero-order chi connectivity index (χ0) is 18.9. The van der Waals surface area contributed by atoms with Crippen LogP contribution in [0.5, 0.6) is 0 Å². The first-order valence-corrected chi connectivity index (χ1v) is 9.78. The lowest BCUT2D eigenvalue weighted by Gasteiger charge is -2.26. The second-order valence-corrected chi connectivity index (χ2v) is 7.23. The van der Waals surface area contributed by atoms with Gasteiger partial charge in [0.2, 0.25) is 6.41 Å². The van der Waals surface area contributed by atoms with Gasteiger partial charge in [-0.25, -0.2) is 9.97 Å². The van der Waals surface area contributed by atoms with Gasteiger partial charge in [0.05, 0.1) is 0 Å². The molecule has 0 bridgehead atoms. The molecule has 1 unspecified atom stereocenters. The van der Waals surface area contributed by atoms with E-state index in [1.54, 1.807) is 12.4 Å². The number of hydrogen-bond donors (Lipinski definition) is 1. The Morgan fingerprint density at radius 2 is 2.00 bits per heavy atom. The molecule has 0 aliphatic carbocycles. The predicted molar refractivity (Wildman–Crippen MR) is 109 cm³/mol. The van der Waals surface area contributed by atoms with Crippen LogP contribution in [0, 0.1) is 5.92 Å². The number of anilines is 1. The molecule has 2 aromatic rings. The van der Waals surface area contributed by atoms with Crippen LogP contribution in [0.1, 0.15) is 19.8 Å². The van der Waals surface area contributed by atoms with Crippen LogP contribution >= 0.6 is 0 Å². The van der Waals surface area contributed by atoms with Gasteiger partial charge in [-0.15, -0.1) is 0 Å². The van der Waals surface area contributed by atoms with Gasteiger partial charge < -0.3 is 15.1 Å². The highest BCUT2D eigenvalue weighted by Gasteiger charge is 2.18. The summed E-state index contributed by atoms with van der Waals surface area (Å²) in [7, 11) is 0. The molecule has 6 nitrogen and oxygen atoms in total. The quantitative estimate of drug-likeness (QED) is 0.516. The Labute approximate surface area is 161 Å². The summed E-state index contributed by atoms with van der Waals surface area (Å²) >= 11 is 0. The summed E-state index contributed by atoms with van der Waals surface area (Å²) in [4.78, 5) is 24.1. The average molecular weight is 367 g/mol. The first-order valence-electron chi connectivity index (χ1n) is 9.78. The fourth-order valence-corrected chi connectivity index (χ4v) is 3.61. The highest BCUT2D eigenvalue weighted by molar-refractivity contribution is 5.60. The van der Waals surface area contributed by atoms with E-state index in [0.29, 0.717) is 6.54 Å². The summed E-state index contributed by atoms with van der Waals surface area (Å²) in [6, 6.07) is 10.2. The molecule has 0 spiro atoms. The van der Waals surface area contributed by atoms with Gasteiger partial charge in [-0.05, 0) is 62.2 Å². The maximum atomic E-state index is 10.6. The Morgan fingerprint density at radius 1 is 1.22 bits per heavy atom. The van der Waals surface area contributed by atoms with E-state index in [1.165, 1.54) is 19.5 Å². The summed E-state index contributed by atoms with van der Waals surface area (Å²) in [5, 5.41) is 2.77.